The molecule has 0 aliphatic rings. The predicted octanol–water partition coefficient (Wildman–Crippen LogP) is 8.31. The molecule has 0 bridgehead atoms. The molecule has 0 aliphatic carbocycles. The average molecular weight is 487 g/mol. The normalized spacial score (nSPS) is 11.7. The second-order valence-corrected chi connectivity index (χ2v) is 9.58. The number of hydrogen-bond donors (Lipinski definition) is 0. The lowest BCUT2D eigenvalue weighted by Crippen LogP contribution is -1.97. The van der Waals surface area contributed by atoms with Crippen LogP contribution in [-0.4, -0.2) is 19.2 Å². The van der Waals surface area contributed by atoms with Crippen molar-refractivity contribution < 1.29 is 0 Å². The summed E-state index contributed by atoms with van der Waals surface area (Å²) in [5, 5.41) is 14.1. The first-order valence-corrected chi connectivity index (χ1v) is 12.8. The van der Waals surface area contributed by atoms with E-state index in [2.05, 4.69) is 141 Å². The molecular formula is C34H22N4. The van der Waals surface area contributed by atoms with Gasteiger partial charge in [0.1, 0.15) is 0 Å². The van der Waals surface area contributed by atoms with Gasteiger partial charge in [0.2, 0.25) is 0 Å². The van der Waals surface area contributed by atoms with Crippen molar-refractivity contribution in [3.05, 3.63) is 133 Å². The number of fused-ring (bicyclic) bond motifs is 6. The molecule has 0 saturated heterocycles. The van der Waals surface area contributed by atoms with E-state index in [9.17, 15) is 0 Å². The van der Waals surface area contributed by atoms with Crippen LogP contribution < -0.4 is 0 Å². The molecule has 0 fully saturated rings. The van der Waals surface area contributed by atoms with Crippen molar-refractivity contribution in [2.24, 2.45) is 0 Å². The molecule has 178 valence electrons. The van der Waals surface area contributed by atoms with Gasteiger partial charge in [-0.25, -0.2) is 0 Å². The maximum atomic E-state index is 4.70. The smallest absolute Gasteiger partial charge is 0.169 e. The van der Waals surface area contributed by atoms with Crippen LogP contribution in [0.2, 0.25) is 0 Å². The maximum Gasteiger partial charge on any atom is 0.169 e. The van der Waals surface area contributed by atoms with Crippen LogP contribution in [0.25, 0.3) is 66.6 Å². The van der Waals surface area contributed by atoms with Gasteiger partial charge < -0.3 is 4.57 Å². The van der Waals surface area contributed by atoms with E-state index in [0.29, 0.717) is 0 Å². The summed E-state index contributed by atoms with van der Waals surface area (Å²) in [7, 11) is 0. The molecule has 0 amide bonds. The minimum absolute atomic E-state index is 0.832. The van der Waals surface area contributed by atoms with E-state index in [0.717, 1.165) is 44.8 Å². The number of para-hydroxylation sites is 2. The van der Waals surface area contributed by atoms with Crippen molar-refractivity contribution in [3.63, 3.8) is 0 Å². The quantitative estimate of drug-likeness (QED) is 0.252. The Morgan fingerprint density at radius 1 is 0.474 bits per heavy atom. The zero-order valence-corrected chi connectivity index (χ0v) is 20.5. The molecule has 0 unspecified atom stereocenters. The summed E-state index contributed by atoms with van der Waals surface area (Å²) in [6.07, 6.45) is 0. The van der Waals surface area contributed by atoms with E-state index in [1.165, 1.54) is 21.8 Å². The zero-order valence-electron chi connectivity index (χ0n) is 20.5. The van der Waals surface area contributed by atoms with Crippen molar-refractivity contribution in [1.82, 2.24) is 19.2 Å². The van der Waals surface area contributed by atoms with E-state index in [1.807, 2.05) is 6.07 Å². The largest absolute Gasteiger partial charge is 0.309 e. The van der Waals surface area contributed by atoms with Crippen LogP contribution in [0.5, 0.6) is 0 Å². The van der Waals surface area contributed by atoms with Crippen molar-refractivity contribution >= 4 is 38.2 Å². The van der Waals surface area contributed by atoms with E-state index < -0.39 is 0 Å². The Morgan fingerprint density at radius 2 is 1.08 bits per heavy atom. The molecule has 0 N–H and O–H groups in total. The van der Waals surface area contributed by atoms with E-state index in [1.54, 1.807) is 0 Å². The Morgan fingerprint density at radius 3 is 1.79 bits per heavy atom. The Labute approximate surface area is 219 Å². The minimum atomic E-state index is 0.832. The fraction of sp³-hybridized carbons (Fsp3) is 0. The van der Waals surface area contributed by atoms with Gasteiger partial charge in [-0.2, -0.15) is 0 Å². The van der Waals surface area contributed by atoms with Crippen molar-refractivity contribution in [3.8, 4) is 28.3 Å². The molecule has 0 spiro atoms. The van der Waals surface area contributed by atoms with Crippen molar-refractivity contribution in [2.45, 2.75) is 0 Å². The Hall–Kier alpha value is -5.22. The summed E-state index contributed by atoms with van der Waals surface area (Å²) < 4.78 is 4.52. The Bertz CT molecular complexity index is 2060. The Balaban J connectivity index is 1.34. The minimum Gasteiger partial charge on any atom is -0.309 e. The maximum absolute atomic E-state index is 4.70. The molecule has 4 heteroatoms. The lowest BCUT2D eigenvalue weighted by atomic mass is 10.1. The van der Waals surface area contributed by atoms with Gasteiger partial charge in [-0.05, 0) is 53.4 Å². The summed E-state index contributed by atoms with van der Waals surface area (Å²) in [4.78, 5) is 0. The molecule has 3 heterocycles. The third-order valence-corrected chi connectivity index (χ3v) is 7.43. The van der Waals surface area contributed by atoms with Gasteiger partial charge in [-0.15, -0.1) is 10.2 Å². The molecule has 0 aliphatic heterocycles. The van der Waals surface area contributed by atoms with Gasteiger partial charge in [0.15, 0.2) is 11.5 Å². The van der Waals surface area contributed by atoms with Gasteiger partial charge >= 0.3 is 0 Å². The van der Waals surface area contributed by atoms with Crippen LogP contribution in [-0.2, 0) is 0 Å². The van der Waals surface area contributed by atoms with Gasteiger partial charge in [0.05, 0.1) is 16.7 Å². The predicted molar refractivity (Wildman–Crippen MR) is 156 cm³/mol. The molecule has 8 rings (SSSR count). The zero-order chi connectivity index (χ0) is 25.1. The highest BCUT2D eigenvalue weighted by molar-refractivity contribution is 6.09. The number of rotatable bonds is 3. The van der Waals surface area contributed by atoms with Crippen LogP contribution in [0, 0.1) is 0 Å². The van der Waals surface area contributed by atoms with Crippen molar-refractivity contribution in [1.29, 1.82) is 0 Å². The van der Waals surface area contributed by atoms with Gasteiger partial charge in [-0.1, -0.05) is 91.0 Å². The highest BCUT2D eigenvalue weighted by Gasteiger charge is 2.17. The first-order chi connectivity index (χ1) is 18.9. The van der Waals surface area contributed by atoms with Gasteiger partial charge in [0, 0.05) is 27.4 Å². The third-order valence-electron chi connectivity index (χ3n) is 7.43. The topological polar surface area (TPSA) is 35.1 Å². The second-order valence-electron chi connectivity index (χ2n) is 9.58. The summed E-state index contributed by atoms with van der Waals surface area (Å²) >= 11 is 0. The lowest BCUT2D eigenvalue weighted by Gasteiger charge is -2.12. The molecule has 4 nitrogen and oxygen atoms in total. The fourth-order valence-corrected chi connectivity index (χ4v) is 5.69. The average Bonchev–Trinajstić information content (AvgIpc) is 3.58. The van der Waals surface area contributed by atoms with Crippen LogP contribution in [0.1, 0.15) is 0 Å². The van der Waals surface area contributed by atoms with Crippen LogP contribution in [0.15, 0.2) is 133 Å². The molecule has 3 aromatic heterocycles. The summed E-state index contributed by atoms with van der Waals surface area (Å²) in [6, 6.07) is 46.9. The number of nitrogens with zero attached hydrogens (tertiary/aromatic N) is 4. The lowest BCUT2D eigenvalue weighted by molar-refractivity contribution is 1.11. The summed E-state index contributed by atoms with van der Waals surface area (Å²) in [5.74, 6) is 0.832. The van der Waals surface area contributed by atoms with Crippen molar-refractivity contribution in [2.75, 3.05) is 0 Å². The number of aromatic nitrogens is 4. The van der Waals surface area contributed by atoms with Crippen LogP contribution in [0.3, 0.4) is 0 Å². The van der Waals surface area contributed by atoms with Gasteiger partial charge in [0.25, 0.3) is 0 Å². The second kappa shape index (κ2) is 8.15. The highest BCUT2D eigenvalue weighted by atomic mass is 15.3. The summed E-state index contributed by atoms with van der Waals surface area (Å²) in [6.45, 7) is 0. The fourth-order valence-electron chi connectivity index (χ4n) is 5.69. The number of hydrogen-bond acceptors (Lipinski definition) is 2. The molecule has 0 saturated carbocycles. The summed E-state index contributed by atoms with van der Waals surface area (Å²) in [5.41, 5.74) is 7.61. The monoisotopic (exact) mass is 486 g/mol. The van der Waals surface area contributed by atoms with Gasteiger partial charge in [-0.3, -0.25) is 4.40 Å². The van der Waals surface area contributed by atoms with E-state index >= 15 is 0 Å². The molecule has 8 aromatic rings. The SMILES string of the molecule is c1ccc(-c2cc3ccccc3c3nnc(-c4ccc(-n5c6ccccc6c6ccccc65)cc4)n23)cc1. The van der Waals surface area contributed by atoms with Crippen LogP contribution >= 0.6 is 0 Å². The molecular weight excluding hydrogens is 464 g/mol. The molecule has 0 radical (unpaired) electrons. The number of benzene rings is 5. The standard InChI is InChI=1S/C34H22N4/c1-2-10-23(11-3-1)32-22-25-12-4-5-13-27(25)34-36-35-33(38(32)34)24-18-20-26(21-19-24)37-30-16-8-6-14-28(30)29-15-7-9-17-31(29)37/h1-22H. The van der Waals surface area contributed by atoms with Crippen LogP contribution in [0.4, 0.5) is 0 Å². The number of pyridine rings is 1. The van der Waals surface area contributed by atoms with E-state index in [-0.39, 0.29) is 0 Å². The van der Waals surface area contributed by atoms with E-state index in [4.69, 9.17) is 5.10 Å². The molecule has 38 heavy (non-hydrogen) atoms. The third kappa shape index (κ3) is 3.04. The Kier molecular flexibility index (Phi) is 4.49. The molecule has 0 atom stereocenters. The highest BCUT2D eigenvalue weighted by Crippen LogP contribution is 2.34. The first-order valence-electron chi connectivity index (χ1n) is 12.8. The first kappa shape index (κ1) is 20.9. The molecule has 5 aromatic carbocycles.